The number of ether oxygens (including phenoxy) is 1. The number of halogens is 1. The lowest BCUT2D eigenvalue weighted by Crippen LogP contribution is -1.98. The van der Waals surface area contributed by atoms with Crippen LogP contribution in [-0.4, -0.2) is 12.4 Å². The van der Waals surface area contributed by atoms with Gasteiger partial charge in [0.1, 0.15) is 5.75 Å². The van der Waals surface area contributed by atoms with E-state index in [0.29, 0.717) is 6.42 Å². The van der Waals surface area contributed by atoms with E-state index in [4.69, 9.17) is 16.3 Å². The first-order valence-corrected chi connectivity index (χ1v) is 4.83. The Morgan fingerprint density at radius 2 is 2.00 bits per heavy atom. The number of methoxy groups -OCH3 is 1. The maximum absolute atomic E-state index is 10.7. The van der Waals surface area contributed by atoms with Gasteiger partial charge in [0.05, 0.1) is 7.11 Å². The van der Waals surface area contributed by atoms with Crippen molar-refractivity contribution in [2.75, 3.05) is 7.11 Å². The van der Waals surface area contributed by atoms with Gasteiger partial charge in [-0.15, -0.1) is 0 Å². The highest BCUT2D eigenvalue weighted by Crippen LogP contribution is 2.22. The van der Waals surface area contributed by atoms with Gasteiger partial charge in [-0.05, 0) is 35.2 Å². The summed E-state index contributed by atoms with van der Waals surface area (Å²) in [6.07, 6.45) is 0.369. The van der Waals surface area contributed by atoms with Gasteiger partial charge in [0.25, 0.3) is 0 Å². The summed E-state index contributed by atoms with van der Waals surface area (Å²) in [6, 6.07) is 7.65. The van der Waals surface area contributed by atoms with Gasteiger partial charge in [0.15, 0.2) is 0 Å². The fourth-order valence-electron chi connectivity index (χ4n) is 1.29. The summed E-state index contributed by atoms with van der Waals surface area (Å²) in [5, 5.41) is -0.298. The minimum atomic E-state index is -0.298. The van der Waals surface area contributed by atoms with Crippen molar-refractivity contribution >= 4 is 16.8 Å². The molecule has 0 fully saturated rings. The molecule has 1 rings (SSSR count). The number of hydrogen-bond donors (Lipinski definition) is 0. The van der Waals surface area contributed by atoms with E-state index in [0.717, 1.165) is 11.3 Å². The topological polar surface area (TPSA) is 26.3 Å². The van der Waals surface area contributed by atoms with E-state index in [-0.39, 0.29) is 11.2 Å². The molecule has 0 saturated carbocycles. The van der Waals surface area contributed by atoms with E-state index in [1.165, 1.54) is 0 Å². The fraction of sp³-hybridized carbons (Fsp3) is 0.364. The lowest BCUT2D eigenvalue weighted by Gasteiger charge is -2.09. The molecule has 1 unspecified atom stereocenters. The highest BCUT2D eigenvalue weighted by atomic mass is 35.5. The van der Waals surface area contributed by atoms with Crippen molar-refractivity contribution in [2.24, 2.45) is 0 Å². The zero-order chi connectivity index (χ0) is 10.6. The molecule has 0 aliphatic heterocycles. The summed E-state index contributed by atoms with van der Waals surface area (Å²) < 4.78 is 5.04. The van der Waals surface area contributed by atoms with Crippen molar-refractivity contribution in [2.45, 2.75) is 19.3 Å². The van der Waals surface area contributed by atoms with Crippen LogP contribution in [0, 0.1) is 0 Å². The number of rotatable bonds is 4. The van der Waals surface area contributed by atoms with Crippen LogP contribution in [0.1, 0.15) is 24.8 Å². The van der Waals surface area contributed by atoms with Crippen molar-refractivity contribution in [1.82, 2.24) is 0 Å². The third kappa shape index (κ3) is 3.04. The van der Waals surface area contributed by atoms with Crippen LogP contribution in [0.5, 0.6) is 5.75 Å². The third-order valence-corrected chi connectivity index (χ3v) is 2.31. The average molecular weight is 213 g/mol. The maximum Gasteiger partial charge on any atom is 0.222 e. The molecule has 0 bridgehead atoms. The quantitative estimate of drug-likeness (QED) is 0.718. The van der Waals surface area contributed by atoms with Gasteiger partial charge in [-0.1, -0.05) is 19.1 Å². The van der Waals surface area contributed by atoms with Crippen LogP contribution in [0.15, 0.2) is 24.3 Å². The predicted molar refractivity (Wildman–Crippen MR) is 56.9 cm³/mol. The van der Waals surface area contributed by atoms with Crippen LogP contribution in [0.2, 0.25) is 0 Å². The largest absolute Gasteiger partial charge is 0.497 e. The molecule has 14 heavy (non-hydrogen) atoms. The maximum atomic E-state index is 10.7. The molecule has 1 aromatic rings. The first-order valence-electron chi connectivity index (χ1n) is 4.45. The van der Waals surface area contributed by atoms with Crippen molar-refractivity contribution in [3.63, 3.8) is 0 Å². The lowest BCUT2D eigenvalue weighted by molar-refractivity contribution is -0.111. The van der Waals surface area contributed by atoms with E-state index in [1.807, 2.05) is 31.2 Å². The van der Waals surface area contributed by atoms with Crippen LogP contribution in [0.3, 0.4) is 0 Å². The number of carbonyl (C=O) groups excluding carboxylic acids is 1. The molecule has 1 atom stereocenters. The molecule has 0 aromatic heterocycles. The molecular formula is C11H13ClO2. The third-order valence-electron chi connectivity index (χ3n) is 2.15. The molecule has 76 valence electrons. The van der Waals surface area contributed by atoms with Gasteiger partial charge in [-0.2, -0.15) is 0 Å². The Kier molecular flexibility index (Phi) is 3.96. The van der Waals surface area contributed by atoms with Crippen LogP contribution >= 0.6 is 11.6 Å². The van der Waals surface area contributed by atoms with E-state index in [2.05, 4.69) is 0 Å². The van der Waals surface area contributed by atoms with Crippen LogP contribution in [0.25, 0.3) is 0 Å². The minimum Gasteiger partial charge on any atom is -0.497 e. The molecule has 2 nitrogen and oxygen atoms in total. The Morgan fingerprint density at radius 1 is 1.43 bits per heavy atom. The number of benzene rings is 1. The molecule has 1 aromatic carbocycles. The number of hydrogen-bond acceptors (Lipinski definition) is 2. The minimum absolute atomic E-state index is 0.158. The van der Waals surface area contributed by atoms with Crippen molar-refractivity contribution in [3.05, 3.63) is 29.8 Å². The number of carbonyl (C=O) groups is 1. The van der Waals surface area contributed by atoms with Crippen molar-refractivity contribution in [3.8, 4) is 5.75 Å². The second-order valence-electron chi connectivity index (χ2n) is 3.23. The molecule has 0 N–H and O–H groups in total. The van der Waals surface area contributed by atoms with Gasteiger partial charge in [-0.25, -0.2) is 0 Å². The fourth-order valence-corrected chi connectivity index (χ4v) is 1.52. The Labute approximate surface area is 88.8 Å². The summed E-state index contributed by atoms with van der Waals surface area (Å²) in [6.45, 7) is 1.97. The summed E-state index contributed by atoms with van der Waals surface area (Å²) >= 11 is 5.32. The Balaban J connectivity index is 2.71. The molecular weight excluding hydrogens is 200 g/mol. The highest BCUT2D eigenvalue weighted by molar-refractivity contribution is 6.63. The first-order chi connectivity index (χ1) is 6.63. The highest BCUT2D eigenvalue weighted by Gasteiger charge is 2.08. The summed E-state index contributed by atoms with van der Waals surface area (Å²) in [4.78, 5) is 10.7. The zero-order valence-corrected chi connectivity index (χ0v) is 9.04. The summed E-state index contributed by atoms with van der Waals surface area (Å²) in [7, 11) is 1.63. The zero-order valence-electron chi connectivity index (χ0n) is 8.29. The van der Waals surface area contributed by atoms with Gasteiger partial charge < -0.3 is 4.74 Å². The lowest BCUT2D eigenvalue weighted by atomic mass is 9.98. The monoisotopic (exact) mass is 212 g/mol. The van der Waals surface area contributed by atoms with Gasteiger partial charge >= 0.3 is 0 Å². The first kappa shape index (κ1) is 11.1. The van der Waals surface area contributed by atoms with Crippen molar-refractivity contribution < 1.29 is 9.53 Å². The Hall–Kier alpha value is -1.02. The smallest absolute Gasteiger partial charge is 0.222 e. The second kappa shape index (κ2) is 5.01. The average Bonchev–Trinajstić information content (AvgIpc) is 2.17. The molecule has 0 saturated heterocycles. The normalized spacial score (nSPS) is 12.2. The van der Waals surface area contributed by atoms with E-state index < -0.39 is 0 Å². The second-order valence-corrected chi connectivity index (χ2v) is 3.66. The van der Waals surface area contributed by atoms with Crippen LogP contribution in [-0.2, 0) is 4.79 Å². The molecule has 0 amide bonds. The van der Waals surface area contributed by atoms with E-state index >= 15 is 0 Å². The standard InChI is InChI=1S/C11H13ClO2/c1-8(7-11(12)13)9-3-5-10(14-2)6-4-9/h3-6,8H,7H2,1-2H3. The predicted octanol–water partition coefficient (Wildman–Crippen LogP) is 2.95. The van der Waals surface area contributed by atoms with Crippen LogP contribution < -0.4 is 4.74 Å². The SMILES string of the molecule is COc1ccc(C(C)CC(=O)Cl)cc1. The van der Waals surface area contributed by atoms with Crippen molar-refractivity contribution in [1.29, 1.82) is 0 Å². The van der Waals surface area contributed by atoms with E-state index in [1.54, 1.807) is 7.11 Å². The molecule has 3 heteroatoms. The van der Waals surface area contributed by atoms with Gasteiger partial charge in [0.2, 0.25) is 5.24 Å². The molecule has 0 aliphatic rings. The van der Waals surface area contributed by atoms with Gasteiger partial charge in [0, 0.05) is 6.42 Å². The Bertz CT molecular complexity index is 306. The molecule has 0 heterocycles. The van der Waals surface area contributed by atoms with Gasteiger partial charge in [-0.3, -0.25) is 4.79 Å². The summed E-state index contributed by atoms with van der Waals surface area (Å²) in [5.74, 6) is 0.976. The van der Waals surface area contributed by atoms with Crippen LogP contribution in [0.4, 0.5) is 0 Å². The molecule has 0 radical (unpaired) electrons. The summed E-state index contributed by atoms with van der Waals surface area (Å²) in [5.41, 5.74) is 1.10. The Morgan fingerprint density at radius 3 is 2.43 bits per heavy atom. The molecule has 0 aliphatic carbocycles. The molecule has 0 spiro atoms. The van der Waals surface area contributed by atoms with E-state index in [9.17, 15) is 4.79 Å².